The number of benzene rings is 2. The molecule has 0 spiro atoms. The minimum Gasteiger partial charge on any atom is -0.467 e. The smallest absolute Gasteiger partial charge is 0.245 e. The zero-order chi connectivity index (χ0) is 22.7. The molecule has 4 rings (SSSR count). The summed E-state index contributed by atoms with van der Waals surface area (Å²) in [6, 6.07) is 8.03. The van der Waals surface area contributed by atoms with Gasteiger partial charge in [0.05, 0.1) is 6.61 Å². The highest BCUT2D eigenvalue weighted by Gasteiger charge is 2.33. The minimum absolute atomic E-state index is 0.104. The van der Waals surface area contributed by atoms with Crippen molar-refractivity contribution in [3.8, 4) is 5.75 Å². The fourth-order valence-electron chi connectivity index (χ4n) is 4.06. The third kappa shape index (κ3) is 4.77. The van der Waals surface area contributed by atoms with Gasteiger partial charge < -0.3 is 14.8 Å². The molecule has 2 aromatic rings. The number of sulfonamides is 1. The van der Waals surface area contributed by atoms with Crippen LogP contribution in [0.15, 0.2) is 41.3 Å². The summed E-state index contributed by atoms with van der Waals surface area (Å²) >= 11 is 0. The molecule has 1 saturated heterocycles. The van der Waals surface area contributed by atoms with Gasteiger partial charge in [-0.2, -0.15) is 4.31 Å². The van der Waals surface area contributed by atoms with Crippen LogP contribution in [0.5, 0.6) is 5.75 Å². The van der Waals surface area contributed by atoms with Crippen LogP contribution in [0.2, 0.25) is 0 Å². The fourth-order valence-corrected chi connectivity index (χ4v) is 5.59. The molecule has 0 saturated carbocycles. The van der Waals surface area contributed by atoms with E-state index >= 15 is 0 Å². The molecule has 1 N–H and O–H groups in total. The lowest BCUT2D eigenvalue weighted by atomic mass is 9.97. The second-order valence-corrected chi connectivity index (χ2v) is 9.72. The largest absolute Gasteiger partial charge is 0.467 e. The average molecular weight is 467 g/mol. The van der Waals surface area contributed by atoms with E-state index in [4.69, 9.17) is 9.47 Å². The molecule has 172 valence electrons. The number of piperidine rings is 1. The van der Waals surface area contributed by atoms with Crippen LogP contribution in [0.4, 0.5) is 8.78 Å². The van der Waals surface area contributed by atoms with Gasteiger partial charge >= 0.3 is 0 Å². The number of hydrogen-bond donors (Lipinski definition) is 1. The first-order valence-corrected chi connectivity index (χ1v) is 11.8. The van der Waals surface area contributed by atoms with Crippen molar-refractivity contribution in [3.05, 3.63) is 59.2 Å². The van der Waals surface area contributed by atoms with Crippen molar-refractivity contribution < 1.29 is 31.5 Å². The van der Waals surface area contributed by atoms with Crippen LogP contribution in [-0.4, -0.2) is 45.1 Å². The number of carbonyl (C=O) groups is 1. The predicted molar refractivity (Wildman–Crippen MR) is 111 cm³/mol. The van der Waals surface area contributed by atoms with Crippen molar-refractivity contribution >= 4 is 15.9 Å². The molecule has 32 heavy (non-hydrogen) atoms. The van der Waals surface area contributed by atoms with E-state index in [1.165, 1.54) is 34.6 Å². The van der Waals surface area contributed by atoms with Crippen molar-refractivity contribution in [2.75, 3.05) is 26.4 Å². The SMILES string of the molecule is O=C(NCCc1cc(F)cc2c1OCOC2)C1CCN(S(=O)(=O)c2ccccc2F)CC1. The zero-order valence-electron chi connectivity index (χ0n) is 17.4. The topological polar surface area (TPSA) is 84.9 Å². The van der Waals surface area contributed by atoms with Crippen molar-refractivity contribution in [2.45, 2.75) is 30.8 Å². The summed E-state index contributed by atoms with van der Waals surface area (Å²) in [5, 5.41) is 2.85. The number of fused-ring (bicyclic) bond motifs is 1. The number of ether oxygens (including phenoxy) is 2. The molecule has 0 aliphatic carbocycles. The van der Waals surface area contributed by atoms with E-state index in [9.17, 15) is 22.0 Å². The third-order valence-corrected chi connectivity index (χ3v) is 7.66. The van der Waals surface area contributed by atoms with Gasteiger partial charge in [0, 0.05) is 31.1 Å². The van der Waals surface area contributed by atoms with Crippen molar-refractivity contribution in [3.63, 3.8) is 0 Å². The van der Waals surface area contributed by atoms with Gasteiger partial charge in [-0.15, -0.1) is 0 Å². The Kier molecular flexibility index (Phi) is 6.73. The molecule has 0 aromatic heterocycles. The van der Waals surface area contributed by atoms with Gasteiger partial charge in [0.25, 0.3) is 0 Å². The first-order valence-electron chi connectivity index (χ1n) is 10.4. The molecule has 2 aliphatic rings. The number of carbonyl (C=O) groups excluding carboxylic acids is 1. The highest BCUT2D eigenvalue weighted by atomic mass is 32.2. The van der Waals surface area contributed by atoms with Gasteiger partial charge in [-0.25, -0.2) is 17.2 Å². The number of nitrogens with one attached hydrogen (secondary N) is 1. The maximum Gasteiger partial charge on any atom is 0.245 e. The molecule has 0 radical (unpaired) electrons. The summed E-state index contributed by atoms with van der Waals surface area (Å²) < 4.78 is 65.0. The van der Waals surface area contributed by atoms with Gasteiger partial charge in [0.2, 0.25) is 15.9 Å². The molecule has 0 bridgehead atoms. The van der Waals surface area contributed by atoms with Crippen LogP contribution in [0.25, 0.3) is 0 Å². The first-order chi connectivity index (χ1) is 15.4. The summed E-state index contributed by atoms with van der Waals surface area (Å²) in [4.78, 5) is 12.2. The normalized spacial score (nSPS) is 17.4. The highest BCUT2D eigenvalue weighted by Crippen LogP contribution is 2.30. The Hall–Kier alpha value is -2.56. The Labute approximate surface area is 185 Å². The second kappa shape index (κ2) is 9.51. The molecule has 1 amide bonds. The molecule has 2 heterocycles. The van der Waals surface area contributed by atoms with E-state index in [1.807, 2.05) is 0 Å². The van der Waals surface area contributed by atoms with Crippen molar-refractivity contribution in [2.24, 2.45) is 5.92 Å². The Balaban J connectivity index is 1.30. The summed E-state index contributed by atoms with van der Waals surface area (Å²) in [6.07, 6.45) is 1.08. The lowest BCUT2D eigenvalue weighted by Gasteiger charge is -2.30. The quantitative estimate of drug-likeness (QED) is 0.708. The second-order valence-electron chi connectivity index (χ2n) is 7.81. The number of amides is 1. The Morgan fingerprint density at radius 2 is 1.91 bits per heavy atom. The zero-order valence-corrected chi connectivity index (χ0v) is 18.2. The molecule has 0 unspecified atom stereocenters. The first kappa shape index (κ1) is 22.6. The number of hydrogen-bond acceptors (Lipinski definition) is 5. The van der Waals surface area contributed by atoms with Crippen molar-refractivity contribution in [1.82, 2.24) is 9.62 Å². The van der Waals surface area contributed by atoms with E-state index in [1.54, 1.807) is 0 Å². The molecule has 7 nitrogen and oxygen atoms in total. The summed E-state index contributed by atoms with van der Waals surface area (Å²) in [5.74, 6) is -1.10. The molecule has 1 fully saturated rings. The lowest BCUT2D eigenvalue weighted by molar-refractivity contribution is -0.126. The van der Waals surface area contributed by atoms with Gasteiger partial charge in [-0.05, 0) is 49.1 Å². The maximum absolute atomic E-state index is 13.9. The van der Waals surface area contributed by atoms with E-state index in [0.717, 1.165) is 6.07 Å². The fraction of sp³-hybridized carbons (Fsp3) is 0.409. The van der Waals surface area contributed by atoms with E-state index in [-0.39, 0.29) is 49.0 Å². The Bertz CT molecular complexity index is 1100. The number of rotatable bonds is 6. The average Bonchev–Trinajstić information content (AvgIpc) is 2.79. The minimum atomic E-state index is -3.94. The van der Waals surface area contributed by atoms with Gasteiger partial charge in [0.1, 0.15) is 22.3 Å². The summed E-state index contributed by atoms with van der Waals surface area (Å²) in [5.41, 5.74) is 1.30. The van der Waals surface area contributed by atoms with Gasteiger partial charge in [0.15, 0.2) is 6.79 Å². The molecule has 0 atom stereocenters. The third-order valence-electron chi connectivity index (χ3n) is 5.72. The lowest BCUT2D eigenvalue weighted by Crippen LogP contribution is -2.43. The van der Waals surface area contributed by atoms with Crippen LogP contribution in [0.3, 0.4) is 0 Å². The van der Waals surface area contributed by atoms with Crippen LogP contribution in [-0.2, 0) is 32.6 Å². The Morgan fingerprint density at radius 1 is 1.16 bits per heavy atom. The predicted octanol–water partition coefficient (Wildman–Crippen LogP) is 2.59. The molecule has 2 aromatic carbocycles. The van der Waals surface area contributed by atoms with Crippen LogP contribution in [0, 0.1) is 17.6 Å². The maximum atomic E-state index is 13.9. The summed E-state index contributed by atoms with van der Waals surface area (Å²) in [7, 11) is -3.94. The van der Waals surface area contributed by atoms with Gasteiger partial charge in [-0.3, -0.25) is 4.79 Å². The van der Waals surface area contributed by atoms with Crippen molar-refractivity contribution in [1.29, 1.82) is 0 Å². The van der Waals surface area contributed by atoms with E-state index < -0.39 is 15.8 Å². The molecule has 2 aliphatic heterocycles. The molecular formula is C22H24F2N2O5S. The highest BCUT2D eigenvalue weighted by molar-refractivity contribution is 7.89. The standard InChI is InChI=1S/C22H24F2N2O5S/c23-18-11-16(21-17(12-18)13-30-14-31-21)5-8-25-22(27)15-6-9-26(10-7-15)32(28,29)20-4-2-1-3-19(20)24/h1-4,11-12,15H,5-10,13-14H2,(H,25,27). The molecule has 10 heteroatoms. The van der Waals surface area contributed by atoms with Crippen LogP contribution >= 0.6 is 0 Å². The Morgan fingerprint density at radius 3 is 2.66 bits per heavy atom. The van der Waals surface area contributed by atoms with E-state index in [2.05, 4.69) is 5.32 Å². The summed E-state index contributed by atoms with van der Waals surface area (Å²) in [6.45, 7) is 0.958. The molecular weight excluding hydrogens is 442 g/mol. The van der Waals surface area contributed by atoms with Crippen LogP contribution in [0.1, 0.15) is 24.0 Å². The number of nitrogens with zero attached hydrogens (tertiary/aromatic N) is 1. The van der Waals surface area contributed by atoms with Crippen LogP contribution < -0.4 is 10.1 Å². The number of halogens is 2. The monoisotopic (exact) mass is 466 g/mol. The van der Waals surface area contributed by atoms with Gasteiger partial charge in [-0.1, -0.05) is 12.1 Å². The van der Waals surface area contributed by atoms with E-state index in [0.29, 0.717) is 42.7 Å².